The number of halogens is 1. The Labute approximate surface area is 131 Å². The minimum absolute atomic E-state index is 0.387. The maximum atomic E-state index is 6.30. The maximum Gasteiger partial charge on any atom is 0.179 e. The number of benzene rings is 1. The molecule has 21 heavy (non-hydrogen) atoms. The number of hydrogen-bond acceptors (Lipinski definition) is 4. The third kappa shape index (κ3) is 3.44. The Kier molecular flexibility index (Phi) is 4.57. The summed E-state index contributed by atoms with van der Waals surface area (Å²) in [5, 5.41) is 0.640. The number of hydrogen-bond donors (Lipinski definition) is 1. The lowest BCUT2D eigenvalue weighted by atomic mass is 9.91. The van der Waals surface area contributed by atoms with Crippen LogP contribution in [-0.4, -0.2) is 37.2 Å². The molecule has 1 fully saturated rings. The lowest BCUT2D eigenvalue weighted by Gasteiger charge is -2.33. The van der Waals surface area contributed by atoms with Gasteiger partial charge in [-0.15, -0.1) is 0 Å². The standard InChI is InChI=1S/C16H23ClN2O2/c1-19(13-4-2-12(18)3-5-13)10-11-8-14(17)16-15(9-11)20-6-7-21-16/h8-9,12-13H,2-7,10,18H2,1H3. The predicted octanol–water partition coefficient (Wildman–Crippen LogP) is 2.81. The first kappa shape index (κ1) is 14.9. The maximum absolute atomic E-state index is 6.30. The SMILES string of the molecule is CN(Cc1cc(Cl)c2c(c1)OCCO2)C1CCC(N)CC1. The lowest BCUT2D eigenvalue weighted by molar-refractivity contribution is 0.167. The van der Waals surface area contributed by atoms with Crippen molar-refractivity contribution in [2.75, 3.05) is 20.3 Å². The van der Waals surface area contributed by atoms with Crippen LogP contribution >= 0.6 is 11.6 Å². The van der Waals surface area contributed by atoms with Gasteiger partial charge in [-0.25, -0.2) is 0 Å². The third-order valence-electron chi connectivity index (χ3n) is 4.45. The van der Waals surface area contributed by atoms with E-state index >= 15 is 0 Å². The third-order valence-corrected chi connectivity index (χ3v) is 4.73. The Morgan fingerprint density at radius 3 is 2.67 bits per heavy atom. The Morgan fingerprint density at radius 2 is 1.90 bits per heavy atom. The van der Waals surface area contributed by atoms with Crippen LogP contribution in [0.2, 0.25) is 5.02 Å². The molecule has 1 heterocycles. The van der Waals surface area contributed by atoms with E-state index in [0.29, 0.717) is 36.1 Å². The summed E-state index contributed by atoms with van der Waals surface area (Å²) in [5.41, 5.74) is 7.15. The second-order valence-electron chi connectivity index (χ2n) is 6.09. The van der Waals surface area contributed by atoms with E-state index in [1.807, 2.05) is 12.1 Å². The summed E-state index contributed by atoms with van der Waals surface area (Å²) < 4.78 is 11.2. The van der Waals surface area contributed by atoms with Crippen LogP contribution < -0.4 is 15.2 Å². The van der Waals surface area contributed by atoms with E-state index < -0.39 is 0 Å². The van der Waals surface area contributed by atoms with Crippen LogP contribution in [0.1, 0.15) is 31.2 Å². The number of rotatable bonds is 3. The van der Waals surface area contributed by atoms with Crippen molar-refractivity contribution in [3.63, 3.8) is 0 Å². The van der Waals surface area contributed by atoms with Crippen LogP contribution in [0.3, 0.4) is 0 Å². The highest BCUT2D eigenvalue weighted by atomic mass is 35.5. The first-order valence-corrected chi connectivity index (χ1v) is 8.05. The minimum atomic E-state index is 0.387. The van der Waals surface area contributed by atoms with Crippen molar-refractivity contribution < 1.29 is 9.47 Å². The van der Waals surface area contributed by atoms with Crippen molar-refractivity contribution in [3.05, 3.63) is 22.7 Å². The van der Waals surface area contributed by atoms with Gasteiger partial charge in [-0.05, 0) is 50.4 Å². The Morgan fingerprint density at radius 1 is 1.19 bits per heavy atom. The van der Waals surface area contributed by atoms with Gasteiger partial charge in [0.25, 0.3) is 0 Å². The normalized spacial score (nSPS) is 25.1. The summed E-state index contributed by atoms with van der Waals surface area (Å²) in [6, 6.07) is 5.03. The molecular formula is C16H23ClN2O2. The first-order valence-electron chi connectivity index (χ1n) is 7.67. The molecule has 0 aromatic heterocycles. The van der Waals surface area contributed by atoms with Crippen molar-refractivity contribution in [1.82, 2.24) is 4.90 Å². The van der Waals surface area contributed by atoms with Gasteiger partial charge >= 0.3 is 0 Å². The molecule has 116 valence electrons. The van der Waals surface area contributed by atoms with Gasteiger partial charge in [0.15, 0.2) is 11.5 Å². The zero-order valence-electron chi connectivity index (χ0n) is 12.5. The summed E-state index contributed by atoms with van der Waals surface area (Å²) in [7, 11) is 2.17. The molecule has 0 atom stereocenters. The van der Waals surface area contributed by atoms with Crippen LogP contribution in [0.25, 0.3) is 0 Å². The molecule has 1 aromatic carbocycles. The second kappa shape index (κ2) is 6.42. The van der Waals surface area contributed by atoms with E-state index in [1.165, 1.54) is 18.4 Å². The van der Waals surface area contributed by atoms with Crippen molar-refractivity contribution in [2.24, 2.45) is 5.73 Å². The summed E-state index contributed by atoms with van der Waals surface area (Å²) in [5.74, 6) is 1.45. The van der Waals surface area contributed by atoms with Gasteiger partial charge in [0.05, 0.1) is 5.02 Å². The van der Waals surface area contributed by atoms with Crippen LogP contribution in [0.4, 0.5) is 0 Å². The molecule has 0 spiro atoms. The van der Waals surface area contributed by atoms with Gasteiger partial charge in [-0.3, -0.25) is 4.90 Å². The van der Waals surface area contributed by atoms with Crippen molar-refractivity contribution in [1.29, 1.82) is 0 Å². The van der Waals surface area contributed by atoms with Crippen LogP contribution in [0, 0.1) is 0 Å². The largest absolute Gasteiger partial charge is 0.486 e. The van der Waals surface area contributed by atoms with E-state index in [-0.39, 0.29) is 0 Å². The van der Waals surface area contributed by atoms with E-state index in [9.17, 15) is 0 Å². The highest BCUT2D eigenvalue weighted by Gasteiger charge is 2.23. The van der Waals surface area contributed by atoms with Gasteiger partial charge in [0.1, 0.15) is 13.2 Å². The molecule has 2 N–H and O–H groups in total. The molecule has 3 rings (SSSR count). The summed E-state index contributed by atoms with van der Waals surface area (Å²) in [6.45, 7) is 2.02. The molecule has 0 amide bonds. The topological polar surface area (TPSA) is 47.7 Å². The summed E-state index contributed by atoms with van der Waals surface area (Å²) in [6.07, 6.45) is 4.60. The molecule has 0 radical (unpaired) electrons. The fourth-order valence-corrected chi connectivity index (χ4v) is 3.50. The van der Waals surface area contributed by atoms with Gasteiger partial charge in [0.2, 0.25) is 0 Å². The van der Waals surface area contributed by atoms with Crippen LogP contribution in [0.5, 0.6) is 11.5 Å². The number of nitrogens with two attached hydrogens (primary N) is 1. The summed E-state index contributed by atoms with van der Waals surface area (Å²) in [4.78, 5) is 2.40. The summed E-state index contributed by atoms with van der Waals surface area (Å²) >= 11 is 6.30. The van der Waals surface area contributed by atoms with E-state index in [2.05, 4.69) is 11.9 Å². The number of fused-ring (bicyclic) bond motifs is 1. The average Bonchev–Trinajstić information content (AvgIpc) is 2.48. The van der Waals surface area contributed by atoms with E-state index in [4.69, 9.17) is 26.8 Å². The average molecular weight is 311 g/mol. The van der Waals surface area contributed by atoms with E-state index in [1.54, 1.807) is 0 Å². The molecule has 4 nitrogen and oxygen atoms in total. The van der Waals surface area contributed by atoms with E-state index in [0.717, 1.165) is 25.1 Å². The fourth-order valence-electron chi connectivity index (χ4n) is 3.21. The van der Waals surface area contributed by atoms with Crippen LogP contribution in [0.15, 0.2) is 12.1 Å². The molecule has 0 unspecified atom stereocenters. The highest BCUT2D eigenvalue weighted by Crippen LogP contribution is 2.38. The quantitative estimate of drug-likeness (QED) is 0.932. The number of ether oxygens (including phenoxy) is 2. The predicted molar refractivity (Wildman–Crippen MR) is 84.1 cm³/mol. The van der Waals surface area contributed by atoms with Gasteiger partial charge in [-0.2, -0.15) is 0 Å². The zero-order valence-corrected chi connectivity index (χ0v) is 13.2. The number of nitrogens with zero attached hydrogens (tertiary/aromatic N) is 1. The molecular weight excluding hydrogens is 288 g/mol. The highest BCUT2D eigenvalue weighted by molar-refractivity contribution is 6.32. The van der Waals surface area contributed by atoms with Gasteiger partial charge < -0.3 is 15.2 Å². The zero-order chi connectivity index (χ0) is 14.8. The Balaban J connectivity index is 1.68. The molecule has 2 aliphatic rings. The van der Waals surface area contributed by atoms with Gasteiger partial charge in [-0.1, -0.05) is 11.6 Å². The molecule has 1 saturated carbocycles. The van der Waals surface area contributed by atoms with Crippen molar-refractivity contribution in [2.45, 2.75) is 44.3 Å². The Hall–Kier alpha value is -0.970. The van der Waals surface area contributed by atoms with Crippen molar-refractivity contribution >= 4 is 11.6 Å². The Bertz CT molecular complexity index is 501. The monoisotopic (exact) mass is 310 g/mol. The smallest absolute Gasteiger partial charge is 0.179 e. The van der Waals surface area contributed by atoms with Gasteiger partial charge in [0, 0.05) is 18.6 Å². The van der Waals surface area contributed by atoms with Crippen LogP contribution in [-0.2, 0) is 6.54 Å². The molecule has 1 aliphatic carbocycles. The fraction of sp³-hybridized carbons (Fsp3) is 0.625. The lowest BCUT2D eigenvalue weighted by Crippen LogP contribution is -2.38. The molecule has 1 aliphatic heterocycles. The molecule has 5 heteroatoms. The van der Waals surface area contributed by atoms with Crippen molar-refractivity contribution in [3.8, 4) is 11.5 Å². The minimum Gasteiger partial charge on any atom is -0.486 e. The molecule has 1 aromatic rings. The molecule has 0 bridgehead atoms. The molecule has 0 saturated heterocycles. The second-order valence-corrected chi connectivity index (χ2v) is 6.49. The first-order chi connectivity index (χ1) is 10.1.